The number of ketones is 1. The molecule has 1 heterocycles. The fraction of sp³-hybridized carbons (Fsp3) is 0.0800. The van der Waals surface area contributed by atoms with Gasteiger partial charge in [-0.3, -0.25) is 19.7 Å². The van der Waals surface area contributed by atoms with E-state index in [1.165, 1.54) is 24.3 Å². The first-order valence-electron chi connectivity index (χ1n) is 10.7. The number of ether oxygens (including phenoxy) is 1. The van der Waals surface area contributed by atoms with Gasteiger partial charge in [-0.1, -0.05) is 41.4 Å². The summed E-state index contributed by atoms with van der Waals surface area (Å²) >= 11 is 12.1. The first kappa shape index (κ1) is 26.3. The lowest BCUT2D eigenvalue weighted by Crippen LogP contribution is -2.39. The molecule has 11 nitrogen and oxygen atoms in total. The van der Waals surface area contributed by atoms with E-state index in [-0.39, 0.29) is 38.1 Å². The van der Waals surface area contributed by atoms with Gasteiger partial charge in [0.1, 0.15) is 23.8 Å². The summed E-state index contributed by atoms with van der Waals surface area (Å²) in [6.45, 7) is 0. The molecule has 13 heteroatoms. The number of hydrogen-bond donors (Lipinski definition) is 2. The molecule has 38 heavy (non-hydrogen) atoms. The average Bonchev–Trinajstić information content (AvgIpc) is 3.24. The van der Waals surface area contributed by atoms with E-state index in [9.17, 15) is 29.8 Å². The molecule has 0 spiro atoms. The van der Waals surface area contributed by atoms with Gasteiger partial charge in [-0.25, -0.2) is 4.79 Å². The molecule has 0 saturated heterocycles. The van der Waals surface area contributed by atoms with Crippen molar-refractivity contribution >= 4 is 57.9 Å². The highest BCUT2D eigenvalue weighted by Crippen LogP contribution is 2.39. The van der Waals surface area contributed by atoms with Gasteiger partial charge in [-0.15, -0.1) is 0 Å². The van der Waals surface area contributed by atoms with Crippen LogP contribution < -0.4 is 11.2 Å². The number of cyclic esters (lactones) is 1. The maximum Gasteiger partial charge on any atom is 0.339 e. The Morgan fingerprint density at radius 1 is 1.13 bits per heavy atom. The number of nitriles is 1. The van der Waals surface area contributed by atoms with E-state index < -0.39 is 40.3 Å². The molecule has 0 radical (unpaired) electrons. The van der Waals surface area contributed by atoms with Crippen LogP contribution in [0.3, 0.4) is 0 Å². The normalized spacial score (nSPS) is 15.1. The molecule has 1 amide bonds. The van der Waals surface area contributed by atoms with E-state index >= 15 is 0 Å². The van der Waals surface area contributed by atoms with Crippen LogP contribution in [0.1, 0.15) is 37.9 Å². The summed E-state index contributed by atoms with van der Waals surface area (Å²) in [5.41, 5.74) is -0.636. The standard InChI is InChI=1S/C25H15Cl2N5O6/c26-17-7-5-12(10-18(17)27)22(33)20(23-15-3-1-2-4-16(15)25(35)38-23)21(31-29)24(34)30-19-8-6-14(32(36)37)9-13(19)11-28/h1-10,20,23H,29H2,(H,30,34)/b31-21-/t20-,23+/m0/s1. The number of benzene rings is 3. The number of rotatable bonds is 7. The molecule has 0 bridgehead atoms. The van der Waals surface area contributed by atoms with Crippen molar-refractivity contribution in [1.82, 2.24) is 0 Å². The van der Waals surface area contributed by atoms with Crippen molar-refractivity contribution < 1.29 is 24.0 Å². The third-order valence-corrected chi connectivity index (χ3v) is 6.50. The average molecular weight is 552 g/mol. The van der Waals surface area contributed by atoms with Crippen molar-refractivity contribution in [3.8, 4) is 6.07 Å². The van der Waals surface area contributed by atoms with Crippen molar-refractivity contribution in [3.63, 3.8) is 0 Å². The zero-order chi connectivity index (χ0) is 27.6. The van der Waals surface area contributed by atoms with Gasteiger partial charge in [0.25, 0.3) is 11.6 Å². The van der Waals surface area contributed by atoms with Gasteiger partial charge < -0.3 is 15.9 Å². The third kappa shape index (κ3) is 4.90. The summed E-state index contributed by atoms with van der Waals surface area (Å²) in [5, 5.41) is 26.7. The summed E-state index contributed by atoms with van der Waals surface area (Å²) in [6, 6.07) is 15.3. The largest absolute Gasteiger partial charge is 0.453 e. The third-order valence-electron chi connectivity index (χ3n) is 5.76. The molecule has 0 saturated carbocycles. The molecule has 0 aliphatic carbocycles. The Bertz CT molecular complexity index is 1580. The second kappa shape index (κ2) is 10.7. The highest BCUT2D eigenvalue weighted by Gasteiger charge is 2.45. The summed E-state index contributed by atoms with van der Waals surface area (Å²) < 4.78 is 5.50. The van der Waals surface area contributed by atoms with Gasteiger partial charge in [0.2, 0.25) is 0 Å². The first-order chi connectivity index (χ1) is 18.2. The molecule has 2 atom stereocenters. The number of carbonyl (C=O) groups excluding carboxylic acids is 3. The number of nitrogens with zero attached hydrogens (tertiary/aromatic N) is 3. The zero-order valence-corrected chi connectivity index (χ0v) is 20.6. The van der Waals surface area contributed by atoms with E-state index in [1.807, 2.05) is 0 Å². The number of hydrogen-bond acceptors (Lipinski definition) is 9. The van der Waals surface area contributed by atoms with Gasteiger partial charge in [0.15, 0.2) is 5.78 Å². The topological polar surface area (TPSA) is 178 Å². The van der Waals surface area contributed by atoms with E-state index in [1.54, 1.807) is 24.3 Å². The number of nitro groups is 1. The Morgan fingerprint density at radius 3 is 2.53 bits per heavy atom. The zero-order valence-electron chi connectivity index (χ0n) is 19.1. The van der Waals surface area contributed by atoms with Crippen LogP contribution in [-0.2, 0) is 9.53 Å². The number of halogens is 2. The van der Waals surface area contributed by atoms with E-state index in [0.29, 0.717) is 5.56 Å². The predicted octanol–water partition coefficient (Wildman–Crippen LogP) is 4.44. The molecule has 4 rings (SSSR count). The summed E-state index contributed by atoms with van der Waals surface area (Å²) in [7, 11) is 0. The molecule has 0 fully saturated rings. The van der Waals surface area contributed by atoms with Crippen LogP contribution in [0.4, 0.5) is 11.4 Å². The van der Waals surface area contributed by atoms with Gasteiger partial charge in [0.05, 0.1) is 31.8 Å². The molecular weight excluding hydrogens is 537 g/mol. The number of fused-ring (bicyclic) bond motifs is 1. The van der Waals surface area contributed by atoms with Crippen LogP contribution >= 0.6 is 23.2 Å². The number of nitrogens with one attached hydrogen (secondary N) is 1. The van der Waals surface area contributed by atoms with E-state index in [4.69, 9.17) is 33.8 Å². The summed E-state index contributed by atoms with van der Waals surface area (Å²) in [5.74, 6) is 1.63. The van der Waals surface area contributed by atoms with E-state index in [0.717, 1.165) is 18.2 Å². The number of carbonyl (C=O) groups is 3. The molecule has 1 aliphatic heterocycles. The van der Waals surface area contributed by atoms with Crippen molar-refractivity contribution in [1.29, 1.82) is 5.26 Å². The lowest BCUT2D eigenvalue weighted by atomic mass is 9.84. The van der Waals surface area contributed by atoms with Gasteiger partial charge in [0, 0.05) is 23.3 Å². The molecule has 3 N–H and O–H groups in total. The molecule has 190 valence electrons. The lowest BCUT2D eigenvalue weighted by Gasteiger charge is -2.23. The number of Topliss-reactive ketones (excluding diaryl/α,β-unsaturated/α-hetero) is 1. The quantitative estimate of drug-likeness (QED) is 0.108. The second-order valence-electron chi connectivity index (χ2n) is 7.95. The number of amides is 1. The second-order valence-corrected chi connectivity index (χ2v) is 8.77. The fourth-order valence-electron chi connectivity index (χ4n) is 3.97. The minimum atomic E-state index is -1.53. The van der Waals surface area contributed by atoms with Crippen molar-refractivity contribution in [2.45, 2.75) is 6.10 Å². The minimum Gasteiger partial charge on any atom is -0.453 e. The SMILES string of the molecule is N#Cc1cc([N+](=O)[O-])ccc1NC(=O)/C(=N\N)[C@@H](C(=O)c1ccc(Cl)c(Cl)c1)[C@@H]1OC(=O)c2ccccc21. The highest BCUT2D eigenvalue weighted by molar-refractivity contribution is 6.48. The lowest BCUT2D eigenvalue weighted by molar-refractivity contribution is -0.384. The maximum atomic E-state index is 13.8. The predicted molar refractivity (Wildman–Crippen MR) is 137 cm³/mol. The van der Waals surface area contributed by atoms with Crippen molar-refractivity contribution in [2.24, 2.45) is 16.9 Å². The number of hydrazone groups is 1. The number of nitro benzene ring substituents is 1. The Morgan fingerprint density at radius 2 is 1.87 bits per heavy atom. The minimum absolute atomic E-state index is 0.0341. The first-order valence-corrected chi connectivity index (χ1v) is 11.5. The van der Waals surface area contributed by atoms with Crippen molar-refractivity contribution in [3.05, 3.63) is 103 Å². The monoisotopic (exact) mass is 551 g/mol. The molecular formula is C25H15Cl2N5O6. The van der Waals surface area contributed by atoms with Gasteiger partial charge in [-0.05, 0) is 30.3 Å². The van der Waals surface area contributed by atoms with Crippen LogP contribution in [0.2, 0.25) is 10.0 Å². The molecule has 0 unspecified atom stereocenters. The van der Waals surface area contributed by atoms with Crippen LogP contribution in [0.25, 0.3) is 0 Å². The van der Waals surface area contributed by atoms with E-state index in [2.05, 4.69) is 10.4 Å². The van der Waals surface area contributed by atoms with Gasteiger partial charge >= 0.3 is 5.97 Å². The number of nitrogens with two attached hydrogens (primary N) is 1. The van der Waals surface area contributed by atoms with Crippen LogP contribution in [-0.4, -0.2) is 28.3 Å². The van der Waals surface area contributed by atoms with Gasteiger partial charge in [-0.2, -0.15) is 10.4 Å². The maximum absolute atomic E-state index is 13.8. The number of anilines is 1. The molecule has 3 aromatic rings. The fourth-order valence-corrected chi connectivity index (χ4v) is 4.27. The van der Waals surface area contributed by atoms with Crippen LogP contribution in [0.15, 0.2) is 65.8 Å². The Kier molecular flexibility index (Phi) is 7.38. The Labute approximate surface area is 224 Å². The summed E-state index contributed by atoms with van der Waals surface area (Å²) in [4.78, 5) is 50.0. The Hall–Kier alpha value is -4.79. The van der Waals surface area contributed by atoms with Crippen molar-refractivity contribution in [2.75, 3.05) is 5.32 Å². The molecule has 3 aromatic carbocycles. The summed E-state index contributed by atoms with van der Waals surface area (Å²) in [6.07, 6.45) is -1.28. The number of non-ortho nitro benzene ring substituents is 1. The number of esters is 1. The smallest absolute Gasteiger partial charge is 0.339 e. The molecule has 1 aliphatic rings. The van der Waals surface area contributed by atoms with Crippen LogP contribution in [0, 0.1) is 27.4 Å². The highest BCUT2D eigenvalue weighted by atomic mass is 35.5. The molecule has 0 aromatic heterocycles. The Balaban J connectivity index is 1.78. The van der Waals surface area contributed by atoms with Crippen LogP contribution in [0.5, 0.6) is 0 Å².